The van der Waals surface area contributed by atoms with E-state index in [9.17, 15) is 18.3 Å². The monoisotopic (exact) mass is 214 g/mol. The van der Waals surface area contributed by atoms with Gasteiger partial charge in [0.2, 0.25) is 0 Å². The first-order valence-electron chi connectivity index (χ1n) is 4.57. The number of hydrogen-bond acceptors (Lipinski definition) is 1. The highest BCUT2D eigenvalue weighted by Crippen LogP contribution is 2.36. The van der Waals surface area contributed by atoms with Gasteiger partial charge in [0, 0.05) is 5.56 Å². The van der Waals surface area contributed by atoms with Crippen molar-refractivity contribution in [3.63, 3.8) is 0 Å². The Bertz CT molecular complexity index is 395. The summed E-state index contributed by atoms with van der Waals surface area (Å²) >= 11 is 0. The summed E-state index contributed by atoms with van der Waals surface area (Å²) in [4.78, 5) is 0. The smallest absolute Gasteiger partial charge is 0.416 e. The van der Waals surface area contributed by atoms with E-state index in [1.807, 2.05) is 0 Å². The molecule has 0 saturated heterocycles. The van der Waals surface area contributed by atoms with Crippen molar-refractivity contribution in [1.29, 1.82) is 0 Å². The second-order valence-electron chi connectivity index (χ2n) is 3.53. The van der Waals surface area contributed by atoms with E-state index in [0.717, 1.165) is 30.5 Å². The van der Waals surface area contributed by atoms with Crippen molar-refractivity contribution >= 4 is 5.76 Å². The molecule has 0 spiro atoms. The standard InChI is InChI=1S/C11H9F3O/c12-11(13,14)9-5-3-8(4-6-9)10(15)7-1-2-7/h3-6,15H,1-2H2. The molecule has 1 aromatic carbocycles. The highest BCUT2D eigenvalue weighted by atomic mass is 19.4. The van der Waals surface area contributed by atoms with Crippen molar-refractivity contribution in [2.75, 3.05) is 0 Å². The number of alkyl halides is 3. The number of aliphatic hydroxyl groups is 1. The molecule has 1 saturated carbocycles. The Labute approximate surface area is 84.9 Å². The van der Waals surface area contributed by atoms with E-state index in [2.05, 4.69) is 0 Å². The molecule has 80 valence electrons. The van der Waals surface area contributed by atoms with Crippen LogP contribution in [0.5, 0.6) is 0 Å². The average Bonchev–Trinajstić information content (AvgIpc) is 2.99. The third kappa shape index (κ3) is 2.14. The van der Waals surface area contributed by atoms with Gasteiger partial charge in [0.25, 0.3) is 0 Å². The summed E-state index contributed by atoms with van der Waals surface area (Å²) in [6.07, 6.45) is -2.64. The number of benzene rings is 1. The molecule has 15 heavy (non-hydrogen) atoms. The van der Waals surface area contributed by atoms with Crippen LogP contribution in [0.25, 0.3) is 5.76 Å². The van der Waals surface area contributed by atoms with Gasteiger partial charge in [-0.25, -0.2) is 0 Å². The Hall–Kier alpha value is -1.45. The molecule has 1 N–H and O–H groups in total. The Morgan fingerprint density at radius 3 is 2.00 bits per heavy atom. The minimum atomic E-state index is -4.32. The van der Waals surface area contributed by atoms with Crippen molar-refractivity contribution in [2.45, 2.75) is 19.0 Å². The van der Waals surface area contributed by atoms with Crippen LogP contribution in [-0.4, -0.2) is 5.11 Å². The summed E-state index contributed by atoms with van der Waals surface area (Å²) in [6.45, 7) is 0. The third-order valence-corrected chi connectivity index (χ3v) is 2.32. The van der Waals surface area contributed by atoms with Crippen LogP contribution in [0.15, 0.2) is 29.8 Å². The van der Waals surface area contributed by atoms with Gasteiger partial charge in [0.15, 0.2) is 0 Å². The molecular weight excluding hydrogens is 205 g/mol. The molecule has 0 atom stereocenters. The van der Waals surface area contributed by atoms with Gasteiger partial charge in [-0.3, -0.25) is 0 Å². The molecule has 0 radical (unpaired) electrons. The summed E-state index contributed by atoms with van der Waals surface area (Å²) in [5.74, 6) is 0.128. The molecule has 1 aliphatic rings. The Kier molecular flexibility index (Phi) is 2.21. The van der Waals surface area contributed by atoms with E-state index in [0.29, 0.717) is 5.56 Å². The number of halogens is 3. The zero-order chi connectivity index (χ0) is 11.1. The molecule has 2 rings (SSSR count). The SMILES string of the molecule is OC(=C1CC1)c1ccc(C(F)(F)F)cc1. The highest BCUT2D eigenvalue weighted by molar-refractivity contribution is 5.65. The number of allylic oxidation sites excluding steroid dienone is 1. The van der Waals surface area contributed by atoms with Crippen molar-refractivity contribution < 1.29 is 18.3 Å². The first-order valence-corrected chi connectivity index (χ1v) is 4.57. The van der Waals surface area contributed by atoms with Crippen LogP contribution in [0, 0.1) is 0 Å². The topological polar surface area (TPSA) is 20.2 Å². The predicted octanol–water partition coefficient (Wildman–Crippen LogP) is 3.77. The van der Waals surface area contributed by atoms with E-state index in [4.69, 9.17) is 0 Å². The fourth-order valence-electron chi connectivity index (χ4n) is 1.32. The van der Waals surface area contributed by atoms with Gasteiger partial charge in [-0.2, -0.15) is 13.2 Å². The van der Waals surface area contributed by atoms with Gasteiger partial charge >= 0.3 is 6.18 Å². The summed E-state index contributed by atoms with van der Waals surface area (Å²) in [7, 11) is 0. The van der Waals surface area contributed by atoms with Crippen LogP contribution in [0.3, 0.4) is 0 Å². The lowest BCUT2D eigenvalue weighted by Crippen LogP contribution is -2.04. The molecule has 0 heterocycles. The van der Waals surface area contributed by atoms with Gasteiger partial charge in [-0.05, 0) is 30.5 Å². The van der Waals surface area contributed by atoms with Crippen molar-refractivity contribution in [3.05, 3.63) is 41.0 Å². The largest absolute Gasteiger partial charge is 0.507 e. The maximum Gasteiger partial charge on any atom is 0.416 e. The van der Waals surface area contributed by atoms with Crippen molar-refractivity contribution in [3.8, 4) is 0 Å². The van der Waals surface area contributed by atoms with Crippen molar-refractivity contribution in [1.82, 2.24) is 0 Å². The molecule has 0 unspecified atom stereocenters. The number of aliphatic hydroxyl groups excluding tert-OH is 1. The van der Waals surface area contributed by atoms with Gasteiger partial charge in [-0.15, -0.1) is 0 Å². The maximum absolute atomic E-state index is 12.2. The zero-order valence-electron chi connectivity index (χ0n) is 7.80. The first-order chi connectivity index (χ1) is 6.98. The van der Waals surface area contributed by atoms with Gasteiger partial charge in [0.1, 0.15) is 5.76 Å². The first kappa shape index (κ1) is 10.1. The Balaban J connectivity index is 2.29. The molecule has 4 heteroatoms. The maximum atomic E-state index is 12.2. The van der Waals surface area contributed by atoms with E-state index in [-0.39, 0.29) is 5.76 Å². The van der Waals surface area contributed by atoms with Crippen LogP contribution < -0.4 is 0 Å². The summed E-state index contributed by atoms with van der Waals surface area (Å²) < 4.78 is 36.7. The predicted molar refractivity (Wildman–Crippen MR) is 50.2 cm³/mol. The molecule has 0 aromatic heterocycles. The van der Waals surface area contributed by atoms with Crippen LogP contribution in [-0.2, 0) is 6.18 Å². The van der Waals surface area contributed by atoms with E-state index in [1.165, 1.54) is 12.1 Å². The fraction of sp³-hybridized carbons (Fsp3) is 0.273. The van der Waals surface area contributed by atoms with Crippen LogP contribution >= 0.6 is 0 Å². The molecule has 1 aromatic rings. The molecule has 1 nitrogen and oxygen atoms in total. The van der Waals surface area contributed by atoms with Gasteiger partial charge < -0.3 is 5.11 Å². The highest BCUT2D eigenvalue weighted by Gasteiger charge is 2.30. The normalized spacial score (nSPS) is 15.3. The number of rotatable bonds is 1. The third-order valence-electron chi connectivity index (χ3n) is 2.32. The summed E-state index contributed by atoms with van der Waals surface area (Å²) in [5, 5.41) is 9.55. The molecule has 1 fully saturated rings. The minimum Gasteiger partial charge on any atom is -0.507 e. The Morgan fingerprint density at radius 2 is 1.60 bits per heavy atom. The van der Waals surface area contributed by atoms with Gasteiger partial charge in [0.05, 0.1) is 5.56 Å². The lowest BCUT2D eigenvalue weighted by atomic mass is 10.1. The lowest BCUT2D eigenvalue weighted by molar-refractivity contribution is -0.137. The van der Waals surface area contributed by atoms with Crippen molar-refractivity contribution in [2.24, 2.45) is 0 Å². The van der Waals surface area contributed by atoms with E-state index in [1.54, 1.807) is 0 Å². The zero-order valence-corrected chi connectivity index (χ0v) is 7.80. The summed E-state index contributed by atoms with van der Waals surface area (Å²) in [6, 6.07) is 4.55. The minimum absolute atomic E-state index is 0.128. The van der Waals surface area contributed by atoms with E-state index >= 15 is 0 Å². The van der Waals surface area contributed by atoms with Crippen LogP contribution in [0.1, 0.15) is 24.0 Å². The fourth-order valence-corrected chi connectivity index (χ4v) is 1.32. The second-order valence-corrected chi connectivity index (χ2v) is 3.53. The average molecular weight is 214 g/mol. The second kappa shape index (κ2) is 3.29. The lowest BCUT2D eigenvalue weighted by Gasteiger charge is -2.07. The Morgan fingerprint density at radius 1 is 1.07 bits per heavy atom. The van der Waals surface area contributed by atoms with E-state index < -0.39 is 11.7 Å². The molecule has 0 bridgehead atoms. The molecule has 0 amide bonds. The summed E-state index contributed by atoms with van der Waals surface area (Å²) in [5.41, 5.74) is 0.671. The van der Waals surface area contributed by atoms with Gasteiger partial charge in [-0.1, -0.05) is 12.1 Å². The van der Waals surface area contributed by atoms with Crippen LogP contribution in [0.4, 0.5) is 13.2 Å². The molecule has 1 aliphatic carbocycles. The van der Waals surface area contributed by atoms with Crippen LogP contribution in [0.2, 0.25) is 0 Å². The molecule has 0 aliphatic heterocycles. The molecular formula is C11H9F3O. The quantitative estimate of drug-likeness (QED) is 0.705. The number of hydrogen-bond donors (Lipinski definition) is 1.